The lowest BCUT2D eigenvalue weighted by atomic mass is 9.61. The maximum absolute atomic E-state index is 12.9. The van der Waals surface area contributed by atoms with Crippen LogP contribution in [-0.4, -0.2) is 21.0 Å². The van der Waals surface area contributed by atoms with E-state index in [1.54, 1.807) is 0 Å². The van der Waals surface area contributed by atoms with Gasteiger partial charge in [-0.15, -0.1) is 0 Å². The average molecular weight is 481 g/mol. The van der Waals surface area contributed by atoms with Gasteiger partial charge < -0.3 is 10.6 Å². The Bertz CT molecular complexity index is 469. The van der Waals surface area contributed by atoms with Gasteiger partial charge in [0, 0.05) is 15.0 Å². The molecule has 0 heterocycles. The van der Waals surface area contributed by atoms with Gasteiger partial charge in [0.2, 0.25) is 0 Å². The monoisotopic (exact) mass is 480 g/mol. The van der Waals surface area contributed by atoms with Gasteiger partial charge in [-0.2, -0.15) is 0 Å². The maximum Gasteiger partial charge on any atom is 0.315 e. The molecule has 0 fully saturated rings. The molecule has 0 spiro atoms. The fraction of sp³-hybridized carbons (Fsp3) is 0.955. The molecule has 0 aromatic rings. The van der Waals surface area contributed by atoms with E-state index in [9.17, 15) is 4.79 Å². The highest BCUT2D eigenvalue weighted by molar-refractivity contribution is 14.1. The minimum absolute atomic E-state index is 0.0127. The van der Waals surface area contributed by atoms with Crippen LogP contribution < -0.4 is 10.6 Å². The largest absolute Gasteiger partial charge is 0.333 e. The molecule has 0 saturated heterocycles. The number of urea groups is 1. The predicted octanol–water partition coefficient (Wildman–Crippen LogP) is 6.65. The van der Waals surface area contributed by atoms with Crippen LogP contribution in [0.2, 0.25) is 0 Å². The van der Waals surface area contributed by atoms with Gasteiger partial charge in [0.05, 0.1) is 0 Å². The number of amides is 2. The summed E-state index contributed by atoms with van der Waals surface area (Å²) in [4.78, 5) is 12.9. The number of hydrogen-bond donors (Lipinski definition) is 2. The predicted molar refractivity (Wildman–Crippen MR) is 124 cm³/mol. The summed E-state index contributed by atoms with van der Waals surface area (Å²) in [6.07, 6.45) is 0. The van der Waals surface area contributed by atoms with Crippen LogP contribution in [0, 0.1) is 28.6 Å². The smallest absolute Gasteiger partial charge is 0.315 e. The van der Waals surface area contributed by atoms with Crippen molar-refractivity contribution in [1.82, 2.24) is 10.6 Å². The van der Waals surface area contributed by atoms with E-state index < -0.39 is 0 Å². The van der Waals surface area contributed by atoms with Crippen molar-refractivity contribution in [2.24, 2.45) is 28.6 Å². The standard InChI is InChI=1S/C22H45IN2O/c1-14(2)17(16(5)23)20(8,9)22(12,13)25-18(26)24-21(10,11)19(6,7)15(3)4/h14-17H,1-13H3,(H2,24,25,26). The van der Waals surface area contributed by atoms with E-state index in [0.717, 1.165) is 0 Å². The second kappa shape index (κ2) is 8.57. The summed E-state index contributed by atoms with van der Waals surface area (Å²) in [5.41, 5.74) is -0.693. The first-order valence-electron chi connectivity index (χ1n) is 10.1. The molecule has 156 valence electrons. The van der Waals surface area contributed by atoms with E-state index in [1.165, 1.54) is 0 Å². The molecule has 0 radical (unpaired) electrons. The third kappa shape index (κ3) is 5.51. The molecule has 0 aliphatic rings. The quantitative estimate of drug-likeness (QED) is 0.297. The highest BCUT2D eigenvalue weighted by Gasteiger charge is 2.47. The lowest BCUT2D eigenvalue weighted by molar-refractivity contribution is 0.0535. The van der Waals surface area contributed by atoms with Gasteiger partial charge in [0.15, 0.2) is 0 Å². The zero-order valence-corrected chi connectivity index (χ0v) is 21.8. The van der Waals surface area contributed by atoms with Gasteiger partial charge in [-0.05, 0) is 56.3 Å². The van der Waals surface area contributed by atoms with Crippen molar-refractivity contribution in [3.05, 3.63) is 0 Å². The summed E-state index contributed by atoms with van der Waals surface area (Å²) in [5.74, 6) is 1.52. The third-order valence-electron chi connectivity index (χ3n) is 7.56. The van der Waals surface area contributed by atoms with Crippen LogP contribution in [0.5, 0.6) is 0 Å². The molecule has 0 bridgehead atoms. The molecule has 4 heteroatoms. The molecular formula is C22H45IN2O. The molecule has 2 N–H and O–H groups in total. The molecule has 3 nitrogen and oxygen atoms in total. The van der Waals surface area contributed by atoms with Gasteiger partial charge >= 0.3 is 6.03 Å². The Morgan fingerprint density at radius 3 is 1.35 bits per heavy atom. The molecule has 2 unspecified atom stereocenters. The normalized spacial score (nSPS) is 16.6. The van der Waals surface area contributed by atoms with Crippen LogP contribution >= 0.6 is 22.6 Å². The molecule has 0 aliphatic carbocycles. The highest BCUT2D eigenvalue weighted by Crippen LogP contribution is 2.45. The molecule has 0 aromatic carbocycles. The number of carbonyl (C=O) groups is 1. The first-order valence-corrected chi connectivity index (χ1v) is 11.3. The minimum Gasteiger partial charge on any atom is -0.333 e. The van der Waals surface area contributed by atoms with Gasteiger partial charge in [0.1, 0.15) is 0 Å². The van der Waals surface area contributed by atoms with E-state index in [-0.39, 0.29) is 27.9 Å². The van der Waals surface area contributed by atoms with Gasteiger partial charge in [-0.1, -0.05) is 84.9 Å². The number of rotatable bonds is 8. The van der Waals surface area contributed by atoms with Gasteiger partial charge in [-0.3, -0.25) is 0 Å². The van der Waals surface area contributed by atoms with Crippen molar-refractivity contribution in [3.63, 3.8) is 0 Å². The van der Waals surface area contributed by atoms with Crippen molar-refractivity contribution < 1.29 is 4.79 Å². The summed E-state index contributed by atoms with van der Waals surface area (Å²) in [6, 6.07) is -0.0783. The fourth-order valence-electron chi connectivity index (χ4n) is 4.00. The Morgan fingerprint density at radius 1 is 0.731 bits per heavy atom. The minimum atomic E-state index is -0.330. The Labute approximate surface area is 177 Å². The van der Waals surface area contributed by atoms with Crippen LogP contribution in [0.1, 0.15) is 90.0 Å². The van der Waals surface area contributed by atoms with Crippen molar-refractivity contribution in [2.45, 2.75) is 105 Å². The van der Waals surface area contributed by atoms with Crippen LogP contribution in [0.3, 0.4) is 0 Å². The van der Waals surface area contributed by atoms with Crippen LogP contribution in [0.15, 0.2) is 0 Å². The molecule has 0 aliphatic heterocycles. The van der Waals surface area contributed by atoms with Gasteiger partial charge in [-0.25, -0.2) is 4.79 Å². The lowest BCUT2D eigenvalue weighted by Gasteiger charge is -2.51. The Kier molecular flexibility index (Phi) is 8.57. The van der Waals surface area contributed by atoms with Crippen molar-refractivity contribution in [2.75, 3.05) is 0 Å². The second-order valence-electron chi connectivity index (χ2n) is 10.9. The Hall–Kier alpha value is 0. The molecule has 0 rings (SSSR count). The summed E-state index contributed by atoms with van der Waals surface area (Å²) in [5, 5.41) is 6.55. The Balaban J connectivity index is 5.46. The molecule has 26 heavy (non-hydrogen) atoms. The number of carbonyl (C=O) groups excluding carboxylic acids is 1. The molecule has 2 atom stereocenters. The van der Waals surface area contributed by atoms with Crippen LogP contribution in [-0.2, 0) is 0 Å². The fourth-order valence-corrected chi connectivity index (χ4v) is 5.73. The molecule has 0 aromatic heterocycles. The van der Waals surface area contributed by atoms with Crippen molar-refractivity contribution in [1.29, 1.82) is 0 Å². The zero-order valence-electron chi connectivity index (χ0n) is 19.6. The Morgan fingerprint density at radius 2 is 1.08 bits per heavy atom. The number of alkyl halides is 1. The second-order valence-corrected chi connectivity index (χ2v) is 12.8. The van der Waals surface area contributed by atoms with Crippen molar-refractivity contribution >= 4 is 28.6 Å². The first-order chi connectivity index (χ1) is 11.3. The highest BCUT2D eigenvalue weighted by atomic mass is 127. The number of halogens is 1. The first kappa shape index (κ1) is 26.0. The zero-order chi connectivity index (χ0) is 21.3. The number of nitrogens with one attached hydrogen (secondary N) is 2. The lowest BCUT2D eigenvalue weighted by Crippen LogP contribution is -2.64. The van der Waals surface area contributed by atoms with Crippen molar-refractivity contribution in [3.8, 4) is 0 Å². The van der Waals surface area contributed by atoms with E-state index in [2.05, 4.69) is 123 Å². The summed E-state index contributed by atoms with van der Waals surface area (Å²) < 4.78 is 0.531. The molecular weight excluding hydrogens is 435 g/mol. The average Bonchev–Trinajstić information content (AvgIpc) is 2.34. The maximum atomic E-state index is 12.9. The van der Waals surface area contributed by atoms with Crippen LogP contribution in [0.4, 0.5) is 4.79 Å². The third-order valence-corrected chi connectivity index (χ3v) is 8.34. The number of hydrogen-bond acceptors (Lipinski definition) is 1. The summed E-state index contributed by atoms with van der Waals surface area (Å²) >= 11 is 2.53. The van der Waals surface area contributed by atoms with Gasteiger partial charge in [0.25, 0.3) is 0 Å². The van der Waals surface area contributed by atoms with E-state index in [4.69, 9.17) is 0 Å². The SMILES string of the molecule is CC(C)C(C(C)I)C(C)(C)C(C)(C)NC(=O)NC(C)(C)C(C)(C)C(C)C. The van der Waals surface area contributed by atoms with Crippen LogP contribution in [0.25, 0.3) is 0 Å². The molecule has 2 amide bonds. The van der Waals surface area contributed by atoms with E-state index in [0.29, 0.717) is 21.7 Å². The van der Waals surface area contributed by atoms with E-state index in [1.807, 2.05) is 0 Å². The van der Waals surface area contributed by atoms with E-state index >= 15 is 0 Å². The summed E-state index contributed by atoms with van der Waals surface area (Å²) in [7, 11) is 0. The topological polar surface area (TPSA) is 41.1 Å². The summed E-state index contributed by atoms with van der Waals surface area (Å²) in [6.45, 7) is 28.8. The molecule has 0 saturated carbocycles.